The number of anilines is 1. The monoisotopic (exact) mass is 577 g/mol. The van der Waals surface area contributed by atoms with Gasteiger partial charge < -0.3 is 9.30 Å². The first-order chi connectivity index (χ1) is 17.2. The molecule has 37 heavy (non-hydrogen) atoms. The van der Waals surface area contributed by atoms with Gasteiger partial charge in [-0.2, -0.15) is 0 Å². The summed E-state index contributed by atoms with van der Waals surface area (Å²) in [6.07, 6.45) is 3.58. The molecule has 0 aliphatic carbocycles. The molecule has 0 amide bonds. The number of rotatable bonds is 6. The number of hydrogen-bond donors (Lipinski definition) is 1. The van der Waals surface area contributed by atoms with Crippen LogP contribution < -0.4 is 4.31 Å². The molecule has 2 aromatic carbocycles. The number of sulfonamides is 1. The lowest BCUT2D eigenvalue weighted by Crippen LogP contribution is -2.39. The van der Waals surface area contributed by atoms with Gasteiger partial charge in [-0.3, -0.25) is 9.10 Å². The summed E-state index contributed by atoms with van der Waals surface area (Å²) in [7, 11) is -4.24. The number of nitrogens with zero attached hydrogens (tertiary/aromatic N) is 3. The molecule has 7 nitrogen and oxygen atoms in total. The van der Waals surface area contributed by atoms with Crippen LogP contribution in [0.4, 0.5) is 5.69 Å². The third-order valence-electron chi connectivity index (χ3n) is 5.29. The number of ether oxygens (including phenoxy) is 1. The highest BCUT2D eigenvalue weighted by molar-refractivity contribution is 7.92. The molecule has 0 aliphatic heterocycles. The zero-order valence-corrected chi connectivity index (χ0v) is 23.8. The van der Waals surface area contributed by atoms with Crippen LogP contribution in [0.15, 0.2) is 70.7 Å². The molecule has 4 aromatic rings. The number of carbonyl (C=O) groups excluding carboxylic acids is 1. The molecule has 0 atom stereocenters. The number of benzene rings is 2. The van der Waals surface area contributed by atoms with Gasteiger partial charge in [-0.25, -0.2) is 13.4 Å². The Labute approximate surface area is 231 Å². The normalized spacial score (nSPS) is 12.1. The van der Waals surface area contributed by atoms with E-state index in [2.05, 4.69) is 17.6 Å². The van der Waals surface area contributed by atoms with Gasteiger partial charge in [0.1, 0.15) is 12.1 Å². The summed E-state index contributed by atoms with van der Waals surface area (Å²) in [5.41, 5.74) is 1.25. The van der Waals surface area contributed by atoms with E-state index in [4.69, 9.17) is 27.9 Å². The Hall–Kier alpha value is -2.72. The summed E-state index contributed by atoms with van der Waals surface area (Å²) < 4.78 is 35.8. The predicted octanol–water partition coefficient (Wildman–Crippen LogP) is 6.47. The van der Waals surface area contributed by atoms with Crippen molar-refractivity contribution in [1.29, 1.82) is 0 Å². The van der Waals surface area contributed by atoms with Crippen LogP contribution in [0.2, 0.25) is 10.0 Å². The molecule has 2 aromatic heterocycles. The average molecular weight is 579 g/mol. The minimum Gasteiger partial charge on any atom is -0.459 e. The zero-order valence-electron chi connectivity index (χ0n) is 20.6. The smallest absolute Gasteiger partial charge is 0.327 e. The van der Waals surface area contributed by atoms with Crippen molar-refractivity contribution in [2.45, 2.75) is 43.1 Å². The molecule has 194 valence electrons. The van der Waals surface area contributed by atoms with Gasteiger partial charge >= 0.3 is 5.97 Å². The van der Waals surface area contributed by atoms with Crippen LogP contribution in [0.5, 0.6) is 0 Å². The van der Waals surface area contributed by atoms with Crippen molar-refractivity contribution in [2.24, 2.45) is 0 Å². The second-order valence-electron chi connectivity index (χ2n) is 9.49. The fraction of sp³-hybridized carbons (Fsp3) is 0.231. The van der Waals surface area contributed by atoms with Crippen LogP contribution in [0.3, 0.4) is 0 Å². The number of fused-ring (bicyclic) bond motifs is 1. The third-order valence-corrected chi connectivity index (χ3v) is 7.81. The summed E-state index contributed by atoms with van der Waals surface area (Å²) in [5.74, 6) is -0.0612. The van der Waals surface area contributed by atoms with E-state index in [1.54, 1.807) is 45.2 Å². The number of aromatic nitrogens is 2. The first-order valence-electron chi connectivity index (χ1n) is 11.2. The first kappa shape index (κ1) is 27.3. The quantitative estimate of drug-likeness (QED) is 0.210. The second kappa shape index (κ2) is 10.2. The Morgan fingerprint density at radius 2 is 1.76 bits per heavy atom. The van der Waals surface area contributed by atoms with Gasteiger partial charge in [0, 0.05) is 32.7 Å². The topological polar surface area (TPSA) is 81.5 Å². The third kappa shape index (κ3) is 6.06. The molecule has 0 bridgehead atoms. The standard InChI is InChI=1S/C26H25Cl2N3O4S2/c1-16-9-23(36)25(29-14-16)30-8-7-17-10-20(5-6-22(17)30)31(15-24(32)35-26(2,3)4)37(33,34)21-12-18(27)11-19(28)13-21/h5-14,36H,15H2,1-4H3. The number of hydrogen-bond acceptors (Lipinski definition) is 6. The maximum Gasteiger partial charge on any atom is 0.327 e. The molecule has 11 heteroatoms. The summed E-state index contributed by atoms with van der Waals surface area (Å²) in [6, 6.07) is 12.8. The fourth-order valence-electron chi connectivity index (χ4n) is 3.81. The van der Waals surface area contributed by atoms with E-state index in [0.29, 0.717) is 10.7 Å². The number of aryl methyl sites for hydroxylation is 1. The van der Waals surface area contributed by atoms with E-state index in [9.17, 15) is 13.2 Å². The summed E-state index contributed by atoms with van der Waals surface area (Å²) in [4.78, 5) is 17.8. The van der Waals surface area contributed by atoms with Crippen molar-refractivity contribution in [2.75, 3.05) is 10.8 Å². The van der Waals surface area contributed by atoms with Crippen LogP contribution >= 0.6 is 35.8 Å². The van der Waals surface area contributed by atoms with Crippen molar-refractivity contribution >= 4 is 68.4 Å². The van der Waals surface area contributed by atoms with Crippen LogP contribution in [0, 0.1) is 6.92 Å². The van der Waals surface area contributed by atoms with Gasteiger partial charge in [0.2, 0.25) is 0 Å². The SMILES string of the molecule is Cc1cnc(-n2ccc3cc(N(CC(=O)OC(C)(C)C)S(=O)(=O)c4cc(Cl)cc(Cl)c4)ccc32)c(S)c1. The largest absolute Gasteiger partial charge is 0.459 e. The highest BCUT2D eigenvalue weighted by Gasteiger charge is 2.30. The van der Waals surface area contributed by atoms with Crippen molar-refractivity contribution in [3.05, 3.63) is 76.5 Å². The Bertz CT molecular complexity index is 1590. The fourth-order valence-corrected chi connectivity index (χ4v) is 6.31. The highest BCUT2D eigenvalue weighted by Crippen LogP contribution is 2.32. The summed E-state index contributed by atoms with van der Waals surface area (Å²) in [5, 5.41) is 1.05. The molecule has 0 unspecified atom stereocenters. The summed E-state index contributed by atoms with van der Waals surface area (Å²) in [6.45, 7) is 6.53. The van der Waals surface area contributed by atoms with Crippen molar-refractivity contribution in [3.8, 4) is 5.82 Å². The van der Waals surface area contributed by atoms with Gasteiger partial charge in [0.25, 0.3) is 10.0 Å². The van der Waals surface area contributed by atoms with Gasteiger partial charge in [0.15, 0.2) is 5.82 Å². The number of carbonyl (C=O) groups is 1. The molecule has 0 N–H and O–H groups in total. The molecule has 0 spiro atoms. The molecule has 4 rings (SSSR count). The maximum absolute atomic E-state index is 13.8. The zero-order chi connectivity index (χ0) is 27.1. The summed E-state index contributed by atoms with van der Waals surface area (Å²) >= 11 is 16.7. The Morgan fingerprint density at radius 1 is 1.08 bits per heavy atom. The van der Waals surface area contributed by atoms with Crippen LogP contribution in [0.25, 0.3) is 16.7 Å². The number of esters is 1. The molecular weight excluding hydrogens is 553 g/mol. The number of pyridine rings is 1. The number of halogens is 2. The van der Waals surface area contributed by atoms with Gasteiger partial charge in [0.05, 0.1) is 16.1 Å². The van der Waals surface area contributed by atoms with Gasteiger partial charge in [-0.05, 0) is 81.8 Å². The van der Waals surface area contributed by atoms with E-state index >= 15 is 0 Å². The Balaban J connectivity index is 1.82. The van der Waals surface area contributed by atoms with E-state index in [0.717, 1.165) is 20.8 Å². The molecule has 0 saturated heterocycles. The molecule has 0 saturated carbocycles. The second-order valence-corrected chi connectivity index (χ2v) is 12.7. The highest BCUT2D eigenvalue weighted by atomic mass is 35.5. The van der Waals surface area contributed by atoms with Crippen LogP contribution in [-0.2, 0) is 19.6 Å². The molecule has 0 aliphatic rings. The number of thiol groups is 1. The van der Waals surface area contributed by atoms with E-state index < -0.39 is 28.1 Å². The van der Waals surface area contributed by atoms with Crippen LogP contribution in [-0.4, -0.2) is 36.1 Å². The lowest BCUT2D eigenvalue weighted by molar-refractivity contribution is -0.152. The molecule has 2 heterocycles. The van der Waals surface area contributed by atoms with E-state index in [-0.39, 0.29) is 20.6 Å². The maximum atomic E-state index is 13.8. The van der Waals surface area contributed by atoms with Crippen molar-refractivity contribution < 1.29 is 17.9 Å². The first-order valence-corrected chi connectivity index (χ1v) is 13.9. The van der Waals surface area contributed by atoms with Crippen molar-refractivity contribution in [1.82, 2.24) is 9.55 Å². The predicted molar refractivity (Wildman–Crippen MR) is 150 cm³/mol. The van der Waals surface area contributed by atoms with Crippen molar-refractivity contribution in [3.63, 3.8) is 0 Å². The lowest BCUT2D eigenvalue weighted by Gasteiger charge is -2.26. The Kier molecular flexibility index (Phi) is 7.54. The van der Waals surface area contributed by atoms with Gasteiger partial charge in [-0.1, -0.05) is 23.2 Å². The molecule has 0 fully saturated rings. The molecular formula is C26H25Cl2N3O4S2. The Morgan fingerprint density at radius 3 is 2.38 bits per heavy atom. The van der Waals surface area contributed by atoms with Gasteiger partial charge in [-0.15, -0.1) is 12.6 Å². The van der Waals surface area contributed by atoms with E-state index in [1.165, 1.54) is 18.2 Å². The molecule has 0 radical (unpaired) electrons. The average Bonchev–Trinajstić information content (AvgIpc) is 3.18. The minimum absolute atomic E-state index is 0.144. The van der Waals surface area contributed by atoms with Crippen LogP contribution in [0.1, 0.15) is 26.3 Å². The van der Waals surface area contributed by atoms with E-state index in [1.807, 2.05) is 29.8 Å². The minimum atomic E-state index is -4.24. The lowest BCUT2D eigenvalue weighted by atomic mass is 10.2.